The van der Waals surface area contributed by atoms with Gasteiger partial charge in [-0.1, -0.05) is 58.0 Å². The Hall–Kier alpha value is -0.900. The lowest BCUT2D eigenvalue weighted by atomic mass is 10.1. The molecule has 0 aromatic heterocycles. The highest BCUT2D eigenvalue weighted by Gasteiger charge is 2.17. The summed E-state index contributed by atoms with van der Waals surface area (Å²) in [7, 11) is 0. The number of nitrogens with zero attached hydrogens (tertiary/aromatic N) is 2. The molecule has 1 aromatic rings. The normalized spacial score (nSPS) is 13.0. The van der Waals surface area contributed by atoms with Crippen LogP contribution in [0.25, 0.3) is 0 Å². The van der Waals surface area contributed by atoms with Crippen LogP contribution in [0.2, 0.25) is 0 Å². The Kier molecular flexibility index (Phi) is 9.31. The van der Waals surface area contributed by atoms with Crippen LogP contribution < -0.4 is 5.32 Å². The standard InChI is InChI=1S/C18H33N3/c1-5-20(6-2)15-14-19-16-18(21(7-3)8-4)17-12-10-9-11-13-17/h9-13,18-19H,5-8,14-16H2,1-4H3. The van der Waals surface area contributed by atoms with E-state index in [1.54, 1.807) is 0 Å². The number of hydrogen-bond acceptors (Lipinski definition) is 3. The van der Waals surface area contributed by atoms with Crippen molar-refractivity contribution in [2.24, 2.45) is 0 Å². The van der Waals surface area contributed by atoms with Gasteiger partial charge in [0.05, 0.1) is 0 Å². The zero-order valence-corrected chi connectivity index (χ0v) is 14.3. The van der Waals surface area contributed by atoms with E-state index in [2.05, 4.69) is 73.1 Å². The van der Waals surface area contributed by atoms with Crippen LogP contribution in [0.3, 0.4) is 0 Å². The molecule has 0 amide bonds. The highest BCUT2D eigenvalue weighted by atomic mass is 15.2. The van der Waals surface area contributed by atoms with Gasteiger partial charge in [-0.2, -0.15) is 0 Å². The molecule has 0 aliphatic heterocycles. The lowest BCUT2D eigenvalue weighted by Gasteiger charge is -2.30. The van der Waals surface area contributed by atoms with Crippen molar-refractivity contribution in [2.45, 2.75) is 33.7 Å². The van der Waals surface area contributed by atoms with Gasteiger partial charge in [-0.25, -0.2) is 0 Å². The molecule has 1 unspecified atom stereocenters. The first-order valence-corrected chi connectivity index (χ1v) is 8.48. The van der Waals surface area contributed by atoms with Crippen LogP contribution in [0.15, 0.2) is 30.3 Å². The summed E-state index contributed by atoms with van der Waals surface area (Å²) in [6, 6.07) is 11.3. The van der Waals surface area contributed by atoms with E-state index in [0.717, 1.165) is 45.8 Å². The minimum Gasteiger partial charge on any atom is -0.314 e. The quantitative estimate of drug-likeness (QED) is 0.632. The third-order valence-electron chi connectivity index (χ3n) is 4.27. The van der Waals surface area contributed by atoms with Gasteiger partial charge in [-0.3, -0.25) is 4.90 Å². The van der Waals surface area contributed by atoms with Gasteiger partial charge in [0.15, 0.2) is 0 Å². The summed E-state index contributed by atoms with van der Waals surface area (Å²) >= 11 is 0. The molecular weight excluding hydrogens is 258 g/mol. The summed E-state index contributed by atoms with van der Waals surface area (Å²) in [6.07, 6.45) is 0. The second kappa shape index (κ2) is 10.8. The fourth-order valence-corrected chi connectivity index (χ4v) is 2.81. The summed E-state index contributed by atoms with van der Waals surface area (Å²) in [4.78, 5) is 4.99. The predicted octanol–water partition coefficient (Wildman–Crippen LogP) is 3.00. The van der Waals surface area contributed by atoms with Gasteiger partial charge >= 0.3 is 0 Å². The van der Waals surface area contributed by atoms with Gasteiger partial charge in [0.25, 0.3) is 0 Å². The zero-order chi connectivity index (χ0) is 15.5. The van der Waals surface area contributed by atoms with E-state index in [0.29, 0.717) is 6.04 Å². The van der Waals surface area contributed by atoms with Gasteiger partial charge in [0, 0.05) is 25.7 Å². The van der Waals surface area contributed by atoms with E-state index in [1.807, 2.05) is 0 Å². The Morgan fingerprint density at radius 2 is 1.52 bits per heavy atom. The smallest absolute Gasteiger partial charge is 0.0472 e. The Morgan fingerprint density at radius 3 is 2.05 bits per heavy atom. The fourth-order valence-electron chi connectivity index (χ4n) is 2.81. The number of nitrogens with one attached hydrogen (secondary N) is 1. The average molecular weight is 291 g/mol. The molecule has 0 fully saturated rings. The molecule has 3 nitrogen and oxygen atoms in total. The Labute approximate surface area is 131 Å². The van der Waals surface area contributed by atoms with Crippen LogP contribution in [0.4, 0.5) is 0 Å². The highest BCUT2D eigenvalue weighted by molar-refractivity contribution is 5.19. The largest absolute Gasteiger partial charge is 0.314 e. The monoisotopic (exact) mass is 291 g/mol. The highest BCUT2D eigenvalue weighted by Crippen LogP contribution is 2.19. The minimum atomic E-state index is 0.470. The third-order valence-corrected chi connectivity index (χ3v) is 4.27. The van der Waals surface area contributed by atoms with Gasteiger partial charge in [-0.15, -0.1) is 0 Å². The van der Waals surface area contributed by atoms with Crippen LogP contribution >= 0.6 is 0 Å². The Balaban J connectivity index is 2.54. The SMILES string of the molecule is CCN(CC)CCNCC(c1ccccc1)N(CC)CC. The fraction of sp³-hybridized carbons (Fsp3) is 0.667. The maximum Gasteiger partial charge on any atom is 0.0472 e. The number of rotatable bonds is 11. The van der Waals surface area contributed by atoms with Crippen molar-refractivity contribution in [3.8, 4) is 0 Å². The van der Waals surface area contributed by atoms with E-state index in [9.17, 15) is 0 Å². The van der Waals surface area contributed by atoms with Gasteiger partial charge in [0.2, 0.25) is 0 Å². The maximum atomic E-state index is 3.65. The van der Waals surface area contributed by atoms with Crippen LogP contribution in [0.5, 0.6) is 0 Å². The predicted molar refractivity (Wildman–Crippen MR) is 92.8 cm³/mol. The summed E-state index contributed by atoms with van der Waals surface area (Å²) in [5, 5.41) is 3.65. The van der Waals surface area contributed by atoms with Crippen molar-refractivity contribution in [1.29, 1.82) is 0 Å². The molecule has 3 heteroatoms. The summed E-state index contributed by atoms with van der Waals surface area (Å²) in [6.45, 7) is 16.6. The third kappa shape index (κ3) is 6.16. The first-order chi connectivity index (χ1) is 10.3. The van der Waals surface area contributed by atoms with Crippen molar-refractivity contribution in [2.75, 3.05) is 45.8 Å². The van der Waals surface area contributed by atoms with Gasteiger partial charge < -0.3 is 10.2 Å². The van der Waals surface area contributed by atoms with Crippen LogP contribution in [0.1, 0.15) is 39.3 Å². The van der Waals surface area contributed by atoms with E-state index < -0.39 is 0 Å². The molecule has 0 saturated carbocycles. The average Bonchev–Trinajstić information content (AvgIpc) is 2.55. The van der Waals surface area contributed by atoms with Crippen LogP contribution in [-0.2, 0) is 0 Å². The maximum absolute atomic E-state index is 3.65. The number of hydrogen-bond donors (Lipinski definition) is 1. The zero-order valence-electron chi connectivity index (χ0n) is 14.3. The van der Waals surface area contributed by atoms with E-state index in [-0.39, 0.29) is 0 Å². The molecule has 0 aliphatic rings. The van der Waals surface area contributed by atoms with Crippen molar-refractivity contribution in [3.05, 3.63) is 35.9 Å². The molecular formula is C18H33N3. The minimum absolute atomic E-state index is 0.470. The van der Waals surface area contributed by atoms with Gasteiger partial charge in [-0.05, 0) is 31.7 Å². The topological polar surface area (TPSA) is 18.5 Å². The number of likely N-dealkylation sites (N-methyl/N-ethyl adjacent to an activating group) is 2. The van der Waals surface area contributed by atoms with Crippen molar-refractivity contribution < 1.29 is 0 Å². The van der Waals surface area contributed by atoms with Crippen molar-refractivity contribution in [1.82, 2.24) is 15.1 Å². The van der Waals surface area contributed by atoms with Crippen LogP contribution in [0, 0.1) is 0 Å². The summed E-state index contributed by atoms with van der Waals surface area (Å²) in [5.74, 6) is 0. The van der Waals surface area contributed by atoms with Gasteiger partial charge in [0.1, 0.15) is 0 Å². The molecule has 0 spiro atoms. The second-order valence-electron chi connectivity index (χ2n) is 5.38. The molecule has 120 valence electrons. The molecule has 1 rings (SSSR count). The summed E-state index contributed by atoms with van der Waals surface area (Å²) in [5.41, 5.74) is 1.41. The molecule has 21 heavy (non-hydrogen) atoms. The molecule has 1 N–H and O–H groups in total. The summed E-state index contributed by atoms with van der Waals surface area (Å²) < 4.78 is 0. The Bertz CT molecular complexity index is 345. The number of benzene rings is 1. The lowest BCUT2D eigenvalue weighted by molar-refractivity contribution is 0.210. The Morgan fingerprint density at radius 1 is 0.905 bits per heavy atom. The van der Waals surface area contributed by atoms with Crippen molar-refractivity contribution >= 4 is 0 Å². The van der Waals surface area contributed by atoms with E-state index in [1.165, 1.54) is 5.56 Å². The molecule has 1 aromatic carbocycles. The molecule has 0 heterocycles. The van der Waals surface area contributed by atoms with Crippen LogP contribution in [-0.4, -0.2) is 55.6 Å². The molecule has 0 saturated heterocycles. The molecule has 0 aliphatic carbocycles. The lowest BCUT2D eigenvalue weighted by Crippen LogP contribution is -2.38. The second-order valence-corrected chi connectivity index (χ2v) is 5.38. The molecule has 0 radical (unpaired) electrons. The molecule has 0 bridgehead atoms. The molecule has 1 atom stereocenters. The first-order valence-electron chi connectivity index (χ1n) is 8.48. The van der Waals surface area contributed by atoms with E-state index in [4.69, 9.17) is 0 Å². The van der Waals surface area contributed by atoms with E-state index >= 15 is 0 Å². The van der Waals surface area contributed by atoms with Crippen molar-refractivity contribution in [3.63, 3.8) is 0 Å². The first kappa shape index (κ1) is 18.1.